The standard InChI is InChI=1S/C18H24N4O3S/c1-26(24,25)18(7-9-19-10-8-18)17(23)20-11-16-12-21-22(14-16)13-15-5-3-2-4-6-15/h2-6,12,14,19H,7-11,13H2,1H3,(H,20,23). The molecule has 7 nitrogen and oxygen atoms in total. The van der Waals surface area contributed by atoms with Gasteiger partial charge in [0.1, 0.15) is 0 Å². The van der Waals surface area contributed by atoms with Crippen molar-refractivity contribution >= 4 is 15.7 Å². The maximum Gasteiger partial charge on any atom is 0.241 e. The van der Waals surface area contributed by atoms with Gasteiger partial charge in [-0.3, -0.25) is 9.48 Å². The number of aromatic nitrogens is 2. The number of piperidine rings is 1. The highest BCUT2D eigenvalue weighted by Crippen LogP contribution is 2.28. The van der Waals surface area contributed by atoms with E-state index in [1.807, 2.05) is 36.5 Å². The molecule has 0 saturated carbocycles. The summed E-state index contributed by atoms with van der Waals surface area (Å²) >= 11 is 0. The largest absolute Gasteiger partial charge is 0.351 e. The predicted octanol–water partition coefficient (Wildman–Crippen LogP) is 0.714. The van der Waals surface area contributed by atoms with Crippen molar-refractivity contribution in [1.82, 2.24) is 20.4 Å². The Morgan fingerprint density at radius 2 is 1.92 bits per heavy atom. The molecule has 0 bridgehead atoms. The number of benzene rings is 1. The van der Waals surface area contributed by atoms with E-state index in [9.17, 15) is 13.2 Å². The second kappa shape index (κ2) is 7.59. The quantitative estimate of drug-likeness (QED) is 0.775. The van der Waals surface area contributed by atoms with Crippen LogP contribution in [-0.4, -0.2) is 48.2 Å². The summed E-state index contributed by atoms with van der Waals surface area (Å²) in [6, 6.07) is 9.96. The fourth-order valence-electron chi connectivity index (χ4n) is 3.29. The average molecular weight is 376 g/mol. The van der Waals surface area contributed by atoms with E-state index in [-0.39, 0.29) is 6.54 Å². The zero-order valence-corrected chi connectivity index (χ0v) is 15.6. The zero-order valence-electron chi connectivity index (χ0n) is 14.8. The van der Waals surface area contributed by atoms with E-state index in [1.54, 1.807) is 10.9 Å². The van der Waals surface area contributed by atoms with Crippen LogP contribution in [0.1, 0.15) is 24.0 Å². The molecule has 1 fully saturated rings. The molecule has 8 heteroatoms. The molecule has 0 spiro atoms. The first kappa shape index (κ1) is 18.6. The van der Waals surface area contributed by atoms with Gasteiger partial charge in [0.15, 0.2) is 14.6 Å². The van der Waals surface area contributed by atoms with E-state index in [2.05, 4.69) is 15.7 Å². The van der Waals surface area contributed by atoms with Crippen LogP contribution in [0.15, 0.2) is 42.7 Å². The highest BCUT2D eigenvalue weighted by molar-refractivity contribution is 7.92. The van der Waals surface area contributed by atoms with E-state index in [0.717, 1.165) is 17.4 Å². The van der Waals surface area contributed by atoms with Crippen molar-refractivity contribution < 1.29 is 13.2 Å². The van der Waals surface area contributed by atoms with Crippen LogP contribution in [0.4, 0.5) is 0 Å². The van der Waals surface area contributed by atoms with E-state index >= 15 is 0 Å². The molecule has 1 saturated heterocycles. The minimum Gasteiger partial charge on any atom is -0.351 e. The molecule has 2 aromatic rings. The third kappa shape index (κ3) is 3.96. The molecule has 1 aromatic carbocycles. The van der Waals surface area contributed by atoms with Crippen LogP contribution in [-0.2, 0) is 27.7 Å². The van der Waals surface area contributed by atoms with Gasteiger partial charge in [-0.05, 0) is 31.5 Å². The molecule has 0 radical (unpaired) electrons. The Hall–Kier alpha value is -2.19. The first-order valence-corrected chi connectivity index (χ1v) is 10.5. The first-order chi connectivity index (χ1) is 12.4. The van der Waals surface area contributed by atoms with Crippen LogP contribution >= 0.6 is 0 Å². The van der Waals surface area contributed by atoms with Crippen molar-refractivity contribution in [3.8, 4) is 0 Å². The molecule has 1 amide bonds. The smallest absolute Gasteiger partial charge is 0.241 e. The number of sulfone groups is 1. The number of hydrogen-bond donors (Lipinski definition) is 2. The minimum absolute atomic E-state index is 0.262. The van der Waals surface area contributed by atoms with Crippen molar-refractivity contribution in [3.63, 3.8) is 0 Å². The summed E-state index contributed by atoms with van der Waals surface area (Å²) in [6.45, 7) is 1.96. The van der Waals surface area contributed by atoms with Crippen molar-refractivity contribution in [2.24, 2.45) is 0 Å². The van der Waals surface area contributed by atoms with Gasteiger partial charge < -0.3 is 10.6 Å². The van der Waals surface area contributed by atoms with Crippen LogP contribution in [0.2, 0.25) is 0 Å². The average Bonchev–Trinajstić information content (AvgIpc) is 3.07. The number of nitrogens with one attached hydrogen (secondary N) is 2. The topological polar surface area (TPSA) is 93.1 Å². The molecule has 1 aliphatic heterocycles. The molecule has 0 aliphatic carbocycles. The van der Waals surface area contributed by atoms with Gasteiger partial charge in [0, 0.05) is 24.6 Å². The molecule has 140 valence electrons. The molecule has 26 heavy (non-hydrogen) atoms. The lowest BCUT2D eigenvalue weighted by atomic mass is 9.96. The van der Waals surface area contributed by atoms with E-state index in [0.29, 0.717) is 32.5 Å². The van der Waals surface area contributed by atoms with Crippen LogP contribution in [0, 0.1) is 0 Å². The van der Waals surface area contributed by atoms with Gasteiger partial charge in [0.25, 0.3) is 0 Å². The highest BCUT2D eigenvalue weighted by atomic mass is 32.2. The summed E-state index contributed by atoms with van der Waals surface area (Å²) in [4.78, 5) is 12.7. The Morgan fingerprint density at radius 1 is 1.23 bits per heavy atom. The lowest BCUT2D eigenvalue weighted by Gasteiger charge is -2.34. The van der Waals surface area contributed by atoms with Crippen molar-refractivity contribution in [1.29, 1.82) is 0 Å². The third-order valence-electron chi connectivity index (χ3n) is 4.86. The number of carbonyl (C=O) groups excluding carboxylic acids is 1. The van der Waals surface area contributed by atoms with Crippen molar-refractivity contribution in [2.45, 2.75) is 30.7 Å². The molecule has 1 aliphatic rings. The van der Waals surface area contributed by atoms with Gasteiger partial charge in [0.2, 0.25) is 5.91 Å². The molecule has 2 heterocycles. The predicted molar refractivity (Wildman–Crippen MR) is 99.3 cm³/mol. The molecule has 1 aromatic heterocycles. The van der Waals surface area contributed by atoms with Gasteiger partial charge in [-0.15, -0.1) is 0 Å². The Balaban J connectivity index is 1.64. The molecular formula is C18H24N4O3S. The first-order valence-electron chi connectivity index (χ1n) is 8.65. The lowest BCUT2D eigenvalue weighted by molar-refractivity contribution is -0.124. The van der Waals surface area contributed by atoms with Gasteiger partial charge in [-0.2, -0.15) is 5.10 Å². The van der Waals surface area contributed by atoms with Crippen molar-refractivity contribution in [2.75, 3.05) is 19.3 Å². The van der Waals surface area contributed by atoms with E-state index < -0.39 is 20.5 Å². The second-order valence-electron chi connectivity index (χ2n) is 6.73. The second-order valence-corrected chi connectivity index (χ2v) is 9.06. The normalized spacial score (nSPS) is 17.0. The Kier molecular flexibility index (Phi) is 5.43. The Labute approximate surface area is 153 Å². The van der Waals surface area contributed by atoms with Crippen LogP contribution in [0.5, 0.6) is 0 Å². The lowest BCUT2D eigenvalue weighted by Crippen LogP contribution is -2.57. The highest BCUT2D eigenvalue weighted by Gasteiger charge is 2.48. The molecule has 3 rings (SSSR count). The van der Waals surface area contributed by atoms with Gasteiger partial charge >= 0.3 is 0 Å². The fourth-order valence-corrected chi connectivity index (χ4v) is 4.65. The minimum atomic E-state index is -3.50. The van der Waals surface area contributed by atoms with Crippen LogP contribution in [0.3, 0.4) is 0 Å². The van der Waals surface area contributed by atoms with Crippen LogP contribution < -0.4 is 10.6 Å². The summed E-state index contributed by atoms with van der Waals surface area (Å²) in [6.07, 6.45) is 5.30. The number of carbonyl (C=O) groups is 1. The number of nitrogens with zero attached hydrogens (tertiary/aromatic N) is 2. The molecule has 0 unspecified atom stereocenters. The third-order valence-corrected chi connectivity index (χ3v) is 6.88. The maximum atomic E-state index is 12.7. The van der Waals surface area contributed by atoms with E-state index in [4.69, 9.17) is 0 Å². The summed E-state index contributed by atoms with van der Waals surface area (Å²) in [7, 11) is -3.50. The van der Waals surface area contributed by atoms with E-state index in [1.165, 1.54) is 0 Å². The van der Waals surface area contributed by atoms with Gasteiger partial charge in [0.05, 0.1) is 12.7 Å². The summed E-state index contributed by atoms with van der Waals surface area (Å²) in [5.74, 6) is -0.419. The summed E-state index contributed by atoms with van der Waals surface area (Å²) in [5.41, 5.74) is 1.98. The number of hydrogen-bond acceptors (Lipinski definition) is 5. The maximum absolute atomic E-state index is 12.7. The number of amides is 1. The monoisotopic (exact) mass is 376 g/mol. The summed E-state index contributed by atoms with van der Waals surface area (Å²) in [5, 5.41) is 10.2. The Bertz CT molecular complexity index is 856. The zero-order chi connectivity index (χ0) is 18.6. The Morgan fingerprint density at radius 3 is 2.58 bits per heavy atom. The van der Waals surface area contributed by atoms with Gasteiger partial charge in [-0.25, -0.2) is 8.42 Å². The molecular weight excluding hydrogens is 352 g/mol. The van der Waals surface area contributed by atoms with Gasteiger partial charge in [-0.1, -0.05) is 30.3 Å². The number of rotatable bonds is 6. The van der Waals surface area contributed by atoms with Crippen LogP contribution in [0.25, 0.3) is 0 Å². The SMILES string of the molecule is CS(=O)(=O)C1(C(=O)NCc2cnn(Cc3ccccc3)c2)CCNCC1. The molecule has 2 N–H and O–H groups in total. The molecule has 0 atom stereocenters. The fraction of sp³-hybridized carbons (Fsp3) is 0.444. The summed E-state index contributed by atoms with van der Waals surface area (Å²) < 4.78 is 25.0. The van der Waals surface area contributed by atoms with Crippen molar-refractivity contribution in [3.05, 3.63) is 53.9 Å².